The summed E-state index contributed by atoms with van der Waals surface area (Å²) in [5, 5.41) is 9.19. The Hall–Kier alpha value is -0.680. The summed E-state index contributed by atoms with van der Waals surface area (Å²) in [5.41, 5.74) is -0.945. The predicted octanol–water partition coefficient (Wildman–Crippen LogP) is -0.460. The zero-order valence-corrected chi connectivity index (χ0v) is 11.1. The van der Waals surface area contributed by atoms with Crippen LogP contribution in [0.5, 0.6) is 0 Å². The SMILES string of the molecule is COCCS(=O)(=O)NC1(C#N)CCN(C)CC1. The molecule has 1 aliphatic rings. The van der Waals surface area contributed by atoms with Crippen molar-refractivity contribution in [1.82, 2.24) is 9.62 Å². The third-order valence-electron chi connectivity index (χ3n) is 2.96. The molecule has 1 heterocycles. The average Bonchev–Trinajstić information content (AvgIpc) is 2.30. The van der Waals surface area contributed by atoms with Crippen LogP contribution in [0.25, 0.3) is 0 Å². The van der Waals surface area contributed by atoms with Gasteiger partial charge in [0.2, 0.25) is 10.0 Å². The van der Waals surface area contributed by atoms with Gasteiger partial charge in [-0.3, -0.25) is 0 Å². The van der Waals surface area contributed by atoms with Gasteiger partial charge in [-0.25, -0.2) is 8.42 Å². The van der Waals surface area contributed by atoms with E-state index in [2.05, 4.69) is 15.7 Å². The Balaban J connectivity index is 2.67. The number of nitrogens with one attached hydrogen (secondary N) is 1. The molecule has 0 spiro atoms. The van der Waals surface area contributed by atoms with Gasteiger partial charge in [-0.2, -0.15) is 9.98 Å². The lowest BCUT2D eigenvalue weighted by Crippen LogP contribution is -2.54. The van der Waals surface area contributed by atoms with Crippen LogP contribution in [-0.2, 0) is 14.8 Å². The maximum atomic E-state index is 11.7. The van der Waals surface area contributed by atoms with E-state index >= 15 is 0 Å². The lowest BCUT2D eigenvalue weighted by Gasteiger charge is -2.35. The maximum Gasteiger partial charge on any atom is 0.215 e. The van der Waals surface area contributed by atoms with E-state index in [4.69, 9.17) is 4.74 Å². The Morgan fingerprint density at radius 2 is 2.06 bits per heavy atom. The first-order chi connectivity index (χ1) is 7.93. The smallest absolute Gasteiger partial charge is 0.215 e. The third kappa shape index (κ3) is 4.24. The van der Waals surface area contributed by atoms with Gasteiger partial charge >= 0.3 is 0 Å². The molecule has 0 unspecified atom stereocenters. The Kier molecular flexibility index (Phi) is 4.89. The van der Waals surface area contributed by atoms with Gasteiger partial charge in [0, 0.05) is 20.2 Å². The van der Waals surface area contributed by atoms with Crippen LogP contribution in [0.2, 0.25) is 0 Å². The highest BCUT2D eigenvalue weighted by atomic mass is 32.2. The van der Waals surface area contributed by atoms with Crippen LogP contribution < -0.4 is 4.72 Å². The van der Waals surface area contributed by atoms with Crippen molar-refractivity contribution in [3.63, 3.8) is 0 Å². The van der Waals surface area contributed by atoms with Gasteiger partial charge in [0.1, 0.15) is 5.54 Å². The monoisotopic (exact) mass is 261 g/mol. The summed E-state index contributed by atoms with van der Waals surface area (Å²) in [5.74, 6) is -0.108. The van der Waals surface area contributed by atoms with Gasteiger partial charge in [0.05, 0.1) is 18.4 Å². The molecule has 0 bridgehead atoms. The molecule has 0 aliphatic carbocycles. The highest BCUT2D eigenvalue weighted by Gasteiger charge is 2.37. The van der Waals surface area contributed by atoms with Crippen LogP contribution in [0, 0.1) is 11.3 Å². The molecule has 1 fully saturated rings. The third-order valence-corrected chi connectivity index (χ3v) is 4.37. The van der Waals surface area contributed by atoms with E-state index in [0.29, 0.717) is 12.8 Å². The van der Waals surface area contributed by atoms with Gasteiger partial charge in [0.25, 0.3) is 0 Å². The van der Waals surface area contributed by atoms with Crippen molar-refractivity contribution in [2.24, 2.45) is 0 Å². The van der Waals surface area contributed by atoms with Gasteiger partial charge in [-0.05, 0) is 19.9 Å². The van der Waals surface area contributed by atoms with Gasteiger partial charge in [-0.15, -0.1) is 0 Å². The van der Waals surface area contributed by atoms with Gasteiger partial charge in [0.15, 0.2) is 0 Å². The number of ether oxygens (including phenoxy) is 1. The van der Waals surface area contributed by atoms with Crippen molar-refractivity contribution >= 4 is 10.0 Å². The van der Waals surface area contributed by atoms with Crippen molar-refractivity contribution in [3.8, 4) is 6.07 Å². The van der Waals surface area contributed by atoms with Gasteiger partial charge < -0.3 is 9.64 Å². The number of nitriles is 1. The molecule has 1 N–H and O–H groups in total. The molecule has 17 heavy (non-hydrogen) atoms. The standard InChI is InChI=1S/C10H19N3O3S/c1-13-5-3-10(9-11,4-6-13)12-17(14,15)8-7-16-2/h12H,3-8H2,1-2H3. The predicted molar refractivity (Wildman–Crippen MR) is 63.9 cm³/mol. The lowest BCUT2D eigenvalue weighted by atomic mass is 9.91. The first kappa shape index (κ1) is 14.4. The fourth-order valence-corrected chi connectivity index (χ4v) is 3.11. The largest absolute Gasteiger partial charge is 0.384 e. The summed E-state index contributed by atoms with van der Waals surface area (Å²) in [6.45, 7) is 1.58. The van der Waals surface area contributed by atoms with E-state index in [1.165, 1.54) is 7.11 Å². The van der Waals surface area contributed by atoms with Crippen molar-refractivity contribution in [2.45, 2.75) is 18.4 Å². The molecule has 0 aromatic carbocycles. The summed E-state index contributed by atoms with van der Waals surface area (Å²) in [6.07, 6.45) is 1.04. The summed E-state index contributed by atoms with van der Waals surface area (Å²) in [7, 11) is -0.0388. The number of nitrogens with zero attached hydrogens (tertiary/aromatic N) is 2. The number of sulfonamides is 1. The Morgan fingerprint density at radius 3 is 2.53 bits per heavy atom. The Morgan fingerprint density at radius 1 is 1.47 bits per heavy atom. The van der Waals surface area contributed by atoms with E-state index < -0.39 is 15.6 Å². The number of hydrogen-bond acceptors (Lipinski definition) is 5. The zero-order valence-electron chi connectivity index (χ0n) is 10.3. The topological polar surface area (TPSA) is 82.4 Å². The number of methoxy groups -OCH3 is 1. The van der Waals surface area contributed by atoms with Crippen molar-refractivity contribution in [3.05, 3.63) is 0 Å². The van der Waals surface area contributed by atoms with Gasteiger partial charge in [-0.1, -0.05) is 0 Å². The van der Waals surface area contributed by atoms with Crippen molar-refractivity contribution < 1.29 is 13.2 Å². The molecule has 1 saturated heterocycles. The molecule has 0 aromatic rings. The molecule has 1 rings (SSSR count). The number of hydrogen-bond donors (Lipinski definition) is 1. The Labute approximate surface area is 103 Å². The fraction of sp³-hybridized carbons (Fsp3) is 0.900. The van der Waals surface area contributed by atoms with E-state index in [1.54, 1.807) is 0 Å². The average molecular weight is 261 g/mol. The van der Waals surface area contributed by atoms with Crippen molar-refractivity contribution in [1.29, 1.82) is 5.26 Å². The summed E-state index contributed by atoms with van der Waals surface area (Å²) < 4.78 is 30.8. The minimum absolute atomic E-state index is 0.108. The van der Waals surface area contributed by atoms with E-state index in [0.717, 1.165) is 13.1 Å². The van der Waals surface area contributed by atoms with Crippen LogP contribution in [0.4, 0.5) is 0 Å². The number of piperidine rings is 1. The van der Waals surface area contributed by atoms with E-state index in [-0.39, 0.29) is 12.4 Å². The minimum atomic E-state index is -3.45. The fourth-order valence-electron chi connectivity index (χ4n) is 1.78. The van der Waals surface area contributed by atoms with E-state index in [1.807, 2.05) is 7.05 Å². The number of likely N-dealkylation sites (tertiary alicyclic amines) is 1. The summed E-state index contributed by atoms with van der Waals surface area (Å²) >= 11 is 0. The molecular weight excluding hydrogens is 242 g/mol. The molecule has 6 nitrogen and oxygen atoms in total. The highest BCUT2D eigenvalue weighted by molar-refractivity contribution is 7.89. The second-order valence-corrected chi connectivity index (χ2v) is 6.25. The zero-order chi connectivity index (χ0) is 12.9. The molecule has 0 amide bonds. The normalized spacial score (nSPS) is 21.0. The molecule has 7 heteroatoms. The second kappa shape index (κ2) is 5.78. The second-order valence-electron chi connectivity index (χ2n) is 4.41. The summed E-state index contributed by atoms with van der Waals surface area (Å²) in [4.78, 5) is 2.08. The minimum Gasteiger partial charge on any atom is -0.384 e. The highest BCUT2D eigenvalue weighted by Crippen LogP contribution is 2.21. The van der Waals surface area contributed by atoms with Crippen molar-refractivity contribution in [2.75, 3.05) is 39.6 Å². The lowest BCUT2D eigenvalue weighted by molar-refractivity contribution is 0.208. The van der Waals surface area contributed by atoms with E-state index in [9.17, 15) is 13.7 Å². The molecule has 0 atom stereocenters. The molecule has 0 radical (unpaired) electrons. The van der Waals surface area contributed by atoms with Crippen LogP contribution in [-0.4, -0.2) is 58.5 Å². The molecule has 1 aliphatic heterocycles. The van der Waals surface area contributed by atoms with Crippen LogP contribution in [0.3, 0.4) is 0 Å². The first-order valence-corrected chi connectivity index (χ1v) is 7.19. The quantitative estimate of drug-likeness (QED) is 0.724. The first-order valence-electron chi connectivity index (χ1n) is 5.53. The van der Waals surface area contributed by atoms with Crippen LogP contribution in [0.15, 0.2) is 0 Å². The molecular formula is C10H19N3O3S. The number of rotatable bonds is 5. The van der Waals surface area contributed by atoms with Crippen LogP contribution >= 0.6 is 0 Å². The molecule has 0 saturated carbocycles. The summed E-state index contributed by atoms with van der Waals surface area (Å²) in [6, 6.07) is 2.11. The molecule has 0 aromatic heterocycles. The Bertz CT molecular complexity index is 380. The maximum absolute atomic E-state index is 11.7. The molecule has 98 valence electrons. The van der Waals surface area contributed by atoms with Crippen LogP contribution in [0.1, 0.15) is 12.8 Å².